The average Bonchev–Trinajstić information content (AvgIpc) is 3.55. The predicted molar refractivity (Wildman–Crippen MR) is 108 cm³/mol. The third kappa shape index (κ3) is 3.69. The van der Waals surface area contributed by atoms with Crippen molar-refractivity contribution in [2.75, 3.05) is 11.1 Å². The second kappa shape index (κ2) is 7.22. The van der Waals surface area contributed by atoms with Gasteiger partial charge in [-0.3, -0.25) is 4.98 Å². The molecular formula is C21H24N6O. The third-order valence-corrected chi connectivity index (χ3v) is 5.50. The Morgan fingerprint density at radius 3 is 2.57 bits per heavy atom. The lowest BCUT2D eigenvalue weighted by molar-refractivity contribution is 0.152. The monoisotopic (exact) mass is 376 g/mol. The zero-order valence-corrected chi connectivity index (χ0v) is 15.7. The van der Waals surface area contributed by atoms with Crippen molar-refractivity contribution in [2.24, 2.45) is 0 Å². The lowest BCUT2D eigenvalue weighted by Gasteiger charge is -2.30. The maximum Gasteiger partial charge on any atom is 0.149 e. The highest BCUT2D eigenvalue weighted by atomic mass is 16.5. The van der Waals surface area contributed by atoms with Gasteiger partial charge in [0.05, 0.1) is 11.6 Å². The van der Waals surface area contributed by atoms with Gasteiger partial charge in [-0.1, -0.05) is 0 Å². The number of hydrogen-bond donors (Lipinski definition) is 2. The maximum atomic E-state index is 6.27. The number of nitrogen functional groups attached to an aromatic ring is 1. The molecule has 2 fully saturated rings. The molecule has 7 nitrogen and oxygen atoms in total. The summed E-state index contributed by atoms with van der Waals surface area (Å²) in [7, 11) is 0. The Kier molecular flexibility index (Phi) is 4.43. The van der Waals surface area contributed by atoms with Gasteiger partial charge in [-0.15, -0.1) is 0 Å². The molecule has 3 N–H and O–H groups in total. The Morgan fingerprint density at radius 2 is 1.75 bits per heavy atom. The van der Waals surface area contributed by atoms with Crippen molar-refractivity contribution in [2.45, 2.75) is 56.6 Å². The van der Waals surface area contributed by atoms with E-state index in [1.54, 1.807) is 12.4 Å². The van der Waals surface area contributed by atoms with Gasteiger partial charge in [-0.25, -0.2) is 15.0 Å². The van der Waals surface area contributed by atoms with Gasteiger partial charge in [0, 0.05) is 42.3 Å². The van der Waals surface area contributed by atoms with E-state index in [2.05, 4.69) is 25.3 Å². The second-order valence-corrected chi connectivity index (χ2v) is 7.75. The summed E-state index contributed by atoms with van der Waals surface area (Å²) in [5, 5.41) is 3.58. The van der Waals surface area contributed by atoms with Crippen molar-refractivity contribution >= 4 is 22.5 Å². The zero-order chi connectivity index (χ0) is 18.9. The normalized spacial score (nSPS) is 22.1. The average molecular weight is 376 g/mol. The molecule has 0 unspecified atom stereocenters. The van der Waals surface area contributed by atoms with E-state index in [4.69, 9.17) is 10.5 Å². The summed E-state index contributed by atoms with van der Waals surface area (Å²) in [6.07, 6.45) is 11.9. The summed E-state index contributed by atoms with van der Waals surface area (Å²) >= 11 is 0. The molecule has 0 saturated heterocycles. The lowest BCUT2D eigenvalue weighted by atomic mass is 9.93. The minimum absolute atomic E-state index is 0.164. The molecule has 0 bridgehead atoms. The smallest absolute Gasteiger partial charge is 0.149 e. The van der Waals surface area contributed by atoms with Crippen molar-refractivity contribution in [1.82, 2.24) is 19.9 Å². The SMILES string of the molecule is Nc1cc(OC2CCC(Nc3ccnc(C4CC4)n3)CC2)c2nccnc2c1. The van der Waals surface area contributed by atoms with E-state index < -0.39 is 0 Å². The van der Waals surface area contributed by atoms with Gasteiger partial charge in [-0.2, -0.15) is 0 Å². The first-order chi connectivity index (χ1) is 13.7. The molecule has 0 aliphatic heterocycles. The Labute approximate surface area is 163 Å². The van der Waals surface area contributed by atoms with Crippen molar-refractivity contribution in [1.29, 1.82) is 0 Å². The lowest BCUT2D eigenvalue weighted by Crippen LogP contribution is -2.31. The van der Waals surface area contributed by atoms with Gasteiger partial charge >= 0.3 is 0 Å². The van der Waals surface area contributed by atoms with Gasteiger partial charge in [-0.05, 0) is 50.7 Å². The fraction of sp³-hybridized carbons (Fsp3) is 0.429. The first-order valence-corrected chi connectivity index (χ1v) is 10.0. The van der Waals surface area contributed by atoms with E-state index in [0.717, 1.165) is 54.1 Å². The van der Waals surface area contributed by atoms with E-state index in [1.807, 2.05) is 24.4 Å². The molecule has 2 aliphatic carbocycles. The van der Waals surface area contributed by atoms with E-state index in [1.165, 1.54) is 12.8 Å². The third-order valence-electron chi connectivity index (χ3n) is 5.50. The van der Waals surface area contributed by atoms with Crippen LogP contribution in [0.3, 0.4) is 0 Å². The molecule has 3 aromatic rings. The van der Waals surface area contributed by atoms with E-state index in [-0.39, 0.29) is 6.10 Å². The Balaban J connectivity index is 1.21. The summed E-state index contributed by atoms with van der Waals surface area (Å²) in [6, 6.07) is 6.06. The highest BCUT2D eigenvalue weighted by Crippen LogP contribution is 2.38. The van der Waals surface area contributed by atoms with Crippen LogP contribution in [0.2, 0.25) is 0 Å². The first kappa shape index (κ1) is 17.2. The number of fused-ring (bicyclic) bond motifs is 1. The van der Waals surface area contributed by atoms with Gasteiger partial charge in [0.1, 0.15) is 22.9 Å². The number of ether oxygens (including phenoxy) is 1. The van der Waals surface area contributed by atoms with Gasteiger partial charge in [0.15, 0.2) is 0 Å². The zero-order valence-electron chi connectivity index (χ0n) is 15.7. The Hall–Kier alpha value is -2.96. The molecule has 2 heterocycles. The number of nitrogens with one attached hydrogen (secondary N) is 1. The van der Waals surface area contributed by atoms with E-state index >= 15 is 0 Å². The van der Waals surface area contributed by atoms with Crippen LogP contribution >= 0.6 is 0 Å². The molecule has 5 rings (SSSR count). The van der Waals surface area contributed by atoms with Crippen LogP contribution in [0.25, 0.3) is 11.0 Å². The molecule has 7 heteroatoms. The summed E-state index contributed by atoms with van der Waals surface area (Å²) in [5.41, 5.74) is 8.19. The molecule has 0 radical (unpaired) electrons. The number of aromatic nitrogens is 4. The van der Waals surface area contributed by atoms with Gasteiger partial charge in [0.25, 0.3) is 0 Å². The molecule has 2 aliphatic rings. The van der Waals surface area contributed by atoms with Crippen LogP contribution in [-0.2, 0) is 0 Å². The van der Waals surface area contributed by atoms with Crippen LogP contribution in [0, 0.1) is 0 Å². The number of benzene rings is 1. The predicted octanol–water partition coefficient (Wildman–Crippen LogP) is 3.68. The summed E-state index contributed by atoms with van der Waals surface area (Å²) in [6.45, 7) is 0. The standard InChI is InChI=1S/C21H24N6O/c22-14-11-17-20(24-10-9-23-17)18(12-14)28-16-5-3-15(4-6-16)26-19-7-8-25-21(27-19)13-1-2-13/h7-13,15-16H,1-6,22H2,(H,25,26,27). The summed E-state index contributed by atoms with van der Waals surface area (Å²) in [4.78, 5) is 17.8. The largest absolute Gasteiger partial charge is 0.488 e. The van der Waals surface area contributed by atoms with Crippen LogP contribution < -0.4 is 15.8 Å². The van der Waals surface area contributed by atoms with Crippen LogP contribution in [0.1, 0.15) is 50.3 Å². The number of nitrogens with zero attached hydrogens (tertiary/aromatic N) is 4. The van der Waals surface area contributed by atoms with Crippen molar-refractivity contribution in [3.05, 3.63) is 42.6 Å². The van der Waals surface area contributed by atoms with Crippen LogP contribution in [0.5, 0.6) is 5.75 Å². The Morgan fingerprint density at radius 1 is 0.929 bits per heavy atom. The highest BCUT2D eigenvalue weighted by molar-refractivity contribution is 5.84. The fourth-order valence-corrected chi connectivity index (χ4v) is 3.86. The number of anilines is 2. The van der Waals surface area contributed by atoms with E-state index in [0.29, 0.717) is 17.6 Å². The van der Waals surface area contributed by atoms with E-state index in [9.17, 15) is 0 Å². The van der Waals surface area contributed by atoms with Gasteiger partial charge in [0.2, 0.25) is 0 Å². The first-order valence-electron chi connectivity index (χ1n) is 10.0. The molecular weight excluding hydrogens is 352 g/mol. The van der Waals surface area contributed by atoms with Crippen molar-refractivity contribution in [3.63, 3.8) is 0 Å². The van der Waals surface area contributed by atoms with Crippen molar-refractivity contribution < 1.29 is 4.74 Å². The minimum atomic E-state index is 0.164. The molecule has 0 spiro atoms. The number of nitrogens with two attached hydrogens (primary N) is 1. The number of hydrogen-bond acceptors (Lipinski definition) is 7. The van der Waals surface area contributed by atoms with Crippen molar-refractivity contribution in [3.8, 4) is 5.75 Å². The molecule has 2 saturated carbocycles. The maximum absolute atomic E-state index is 6.27. The van der Waals surface area contributed by atoms with Crippen LogP contribution in [-0.4, -0.2) is 32.1 Å². The molecule has 28 heavy (non-hydrogen) atoms. The summed E-state index contributed by atoms with van der Waals surface area (Å²) in [5.74, 6) is 3.22. The minimum Gasteiger partial charge on any atom is -0.488 e. The second-order valence-electron chi connectivity index (χ2n) is 7.75. The summed E-state index contributed by atoms with van der Waals surface area (Å²) < 4.78 is 6.27. The molecule has 0 amide bonds. The highest BCUT2D eigenvalue weighted by Gasteiger charge is 2.27. The quantitative estimate of drug-likeness (QED) is 0.655. The molecule has 1 aromatic carbocycles. The Bertz CT molecular complexity index is 982. The molecule has 144 valence electrons. The van der Waals surface area contributed by atoms with Gasteiger partial charge < -0.3 is 15.8 Å². The topological polar surface area (TPSA) is 98.8 Å². The number of rotatable bonds is 5. The molecule has 2 aromatic heterocycles. The van der Waals surface area contributed by atoms with Crippen LogP contribution in [0.15, 0.2) is 36.8 Å². The molecule has 0 atom stereocenters. The van der Waals surface area contributed by atoms with Crippen LogP contribution in [0.4, 0.5) is 11.5 Å². The fourth-order valence-electron chi connectivity index (χ4n) is 3.86.